The molecule has 0 saturated heterocycles. The number of carbonyl (C=O) groups excluding carboxylic acids is 2. The highest BCUT2D eigenvalue weighted by atomic mass is 35.5. The fourth-order valence-corrected chi connectivity index (χ4v) is 1.20. The number of Topliss-reactive ketones (excluding diaryl/α,β-unsaturated/α-hetero) is 1. The van der Waals surface area contributed by atoms with Crippen molar-refractivity contribution in [2.45, 2.75) is 13.8 Å². The largest absolute Gasteiger partial charge is 0.457 e. The van der Waals surface area contributed by atoms with Crippen molar-refractivity contribution in [1.29, 1.82) is 0 Å². The molecule has 0 aliphatic carbocycles. The van der Waals surface area contributed by atoms with Gasteiger partial charge >= 0.3 is 5.97 Å². The number of aryl methyl sites for hydroxylation is 1. The average Bonchev–Trinajstić information content (AvgIpc) is 2.18. The Morgan fingerprint density at radius 2 is 2.07 bits per heavy atom. The van der Waals surface area contributed by atoms with E-state index in [1.54, 1.807) is 18.2 Å². The fourth-order valence-electron chi connectivity index (χ4n) is 1.02. The van der Waals surface area contributed by atoms with Crippen molar-refractivity contribution in [3.8, 4) is 0 Å². The van der Waals surface area contributed by atoms with E-state index in [1.165, 1.54) is 6.92 Å². The molecule has 4 heteroatoms. The Hall–Kier alpha value is -1.35. The summed E-state index contributed by atoms with van der Waals surface area (Å²) in [6.07, 6.45) is 0. The molecule has 3 nitrogen and oxygen atoms in total. The molecule has 0 amide bonds. The second-order valence-electron chi connectivity index (χ2n) is 3.17. The van der Waals surface area contributed by atoms with Gasteiger partial charge in [-0.2, -0.15) is 0 Å². The first kappa shape index (κ1) is 11.7. The number of esters is 1. The van der Waals surface area contributed by atoms with E-state index in [0.29, 0.717) is 10.6 Å². The first-order valence-electron chi connectivity index (χ1n) is 4.43. The van der Waals surface area contributed by atoms with E-state index in [-0.39, 0.29) is 12.4 Å². The van der Waals surface area contributed by atoms with Crippen LogP contribution in [-0.4, -0.2) is 18.4 Å². The Labute approximate surface area is 93.0 Å². The van der Waals surface area contributed by atoms with E-state index in [1.807, 2.05) is 6.92 Å². The van der Waals surface area contributed by atoms with Gasteiger partial charge in [0.15, 0.2) is 12.4 Å². The Morgan fingerprint density at radius 1 is 1.40 bits per heavy atom. The summed E-state index contributed by atoms with van der Waals surface area (Å²) in [5, 5.41) is 0.531. The molecule has 0 atom stereocenters. The Bertz CT molecular complexity index is 399. The van der Waals surface area contributed by atoms with Crippen molar-refractivity contribution in [3.63, 3.8) is 0 Å². The Balaban J connectivity index is 2.74. The summed E-state index contributed by atoms with van der Waals surface area (Å²) in [6, 6.07) is 4.99. The van der Waals surface area contributed by atoms with Gasteiger partial charge in [-0.25, -0.2) is 0 Å². The van der Waals surface area contributed by atoms with Crippen LogP contribution in [0.15, 0.2) is 18.2 Å². The molecule has 0 unspecified atom stereocenters. The molecule has 1 aromatic carbocycles. The predicted octanol–water partition coefficient (Wildman–Crippen LogP) is 2.39. The molecule has 1 aromatic rings. The van der Waals surface area contributed by atoms with E-state index < -0.39 is 5.97 Å². The molecule has 0 aliphatic rings. The zero-order valence-electron chi connectivity index (χ0n) is 8.54. The van der Waals surface area contributed by atoms with E-state index in [4.69, 9.17) is 11.6 Å². The predicted molar refractivity (Wildman–Crippen MR) is 57.2 cm³/mol. The van der Waals surface area contributed by atoms with Crippen LogP contribution < -0.4 is 0 Å². The number of hydrogen-bond acceptors (Lipinski definition) is 3. The number of halogens is 1. The van der Waals surface area contributed by atoms with Crippen LogP contribution in [-0.2, 0) is 9.53 Å². The first-order valence-corrected chi connectivity index (χ1v) is 4.81. The summed E-state index contributed by atoms with van der Waals surface area (Å²) in [4.78, 5) is 22.0. The van der Waals surface area contributed by atoms with Crippen molar-refractivity contribution in [3.05, 3.63) is 34.3 Å². The van der Waals surface area contributed by atoms with Crippen LogP contribution in [0, 0.1) is 6.92 Å². The van der Waals surface area contributed by atoms with Gasteiger partial charge in [0.1, 0.15) is 0 Å². The molecule has 0 N–H and O–H groups in total. The zero-order chi connectivity index (χ0) is 11.4. The summed E-state index contributed by atoms with van der Waals surface area (Å²) in [5.41, 5.74) is 1.35. The van der Waals surface area contributed by atoms with Crippen LogP contribution in [0.3, 0.4) is 0 Å². The van der Waals surface area contributed by atoms with Crippen molar-refractivity contribution >= 4 is 23.4 Å². The van der Waals surface area contributed by atoms with Crippen LogP contribution in [0.5, 0.6) is 0 Å². The zero-order valence-corrected chi connectivity index (χ0v) is 9.30. The minimum absolute atomic E-state index is 0.241. The SMILES string of the molecule is CC(=O)OCC(=O)c1ccc(C)c(Cl)c1. The molecular weight excluding hydrogens is 216 g/mol. The number of ketones is 1. The summed E-state index contributed by atoms with van der Waals surface area (Å²) < 4.78 is 4.60. The lowest BCUT2D eigenvalue weighted by molar-refractivity contribution is -0.139. The second kappa shape index (κ2) is 4.94. The third-order valence-corrected chi connectivity index (χ3v) is 2.31. The smallest absolute Gasteiger partial charge is 0.303 e. The molecule has 0 spiro atoms. The third-order valence-electron chi connectivity index (χ3n) is 1.90. The number of hydrogen-bond donors (Lipinski definition) is 0. The lowest BCUT2D eigenvalue weighted by Crippen LogP contribution is -2.11. The van der Waals surface area contributed by atoms with Gasteiger partial charge in [0, 0.05) is 17.5 Å². The lowest BCUT2D eigenvalue weighted by Gasteiger charge is -2.03. The third kappa shape index (κ3) is 3.36. The highest BCUT2D eigenvalue weighted by molar-refractivity contribution is 6.31. The number of ether oxygens (including phenoxy) is 1. The highest BCUT2D eigenvalue weighted by Crippen LogP contribution is 2.16. The molecule has 0 saturated carbocycles. The second-order valence-corrected chi connectivity index (χ2v) is 3.57. The normalized spacial score (nSPS) is 9.80. The van der Waals surface area contributed by atoms with Crippen molar-refractivity contribution < 1.29 is 14.3 Å². The van der Waals surface area contributed by atoms with Crippen LogP contribution in [0.1, 0.15) is 22.8 Å². The maximum atomic E-state index is 11.5. The fraction of sp³-hybridized carbons (Fsp3) is 0.273. The molecule has 0 heterocycles. The van der Waals surface area contributed by atoms with Gasteiger partial charge in [0.25, 0.3) is 0 Å². The van der Waals surface area contributed by atoms with Gasteiger partial charge in [0.2, 0.25) is 0 Å². The molecule has 80 valence electrons. The Kier molecular flexibility index (Phi) is 3.86. The molecule has 1 rings (SSSR count). The minimum Gasteiger partial charge on any atom is -0.457 e. The topological polar surface area (TPSA) is 43.4 Å². The number of carbonyl (C=O) groups is 2. The van der Waals surface area contributed by atoms with Crippen LogP contribution in [0.25, 0.3) is 0 Å². The minimum atomic E-state index is -0.471. The molecule has 0 bridgehead atoms. The van der Waals surface area contributed by atoms with Crippen LogP contribution in [0.4, 0.5) is 0 Å². The van der Waals surface area contributed by atoms with E-state index in [9.17, 15) is 9.59 Å². The molecular formula is C11H11ClO3. The van der Waals surface area contributed by atoms with Gasteiger partial charge in [0.05, 0.1) is 0 Å². The molecule has 0 aromatic heterocycles. The summed E-state index contributed by atoms with van der Waals surface area (Å²) in [7, 11) is 0. The van der Waals surface area contributed by atoms with Gasteiger partial charge in [-0.15, -0.1) is 0 Å². The van der Waals surface area contributed by atoms with Gasteiger partial charge in [-0.05, 0) is 18.6 Å². The standard InChI is InChI=1S/C11H11ClO3/c1-7-3-4-9(5-10(7)12)11(14)6-15-8(2)13/h3-5H,6H2,1-2H3. The quantitative estimate of drug-likeness (QED) is 0.587. The number of benzene rings is 1. The first-order chi connectivity index (χ1) is 7.00. The van der Waals surface area contributed by atoms with Gasteiger partial charge in [-0.1, -0.05) is 23.7 Å². The summed E-state index contributed by atoms with van der Waals surface area (Å²) in [6.45, 7) is 2.87. The number of rotatable bonds is 3. The van der Waals surface area contributed by atoms with Crippen LogP contribution in [0.2, 0.25) is 5.02 Å². The van der Waals surface area contributed by atoms with Crippen molar-refractivity contribution in [1.82, 2.24) is 0 Å². The van der Waals surface area contributed by atoms with Gasteiger partial charge in [-0.3, -0.25) is 9.59 Å². The molecule has 15 heavy (non-hydrogen) atoms. The Morgan fingerprint density at radius 3 is 2.60 bits per heavy atom. The molecule has 0 aliphatic heterocycles. The van der Waals surface area contributed by atoms with E-state index in [0.717, 1.165) is 5.56 Å². The maximum Gasteiger partial charge on any atom is 0.303 e. The van der Waals surface area contributed by atoms with Crippen molar-refractivity contribution in [2.24, 2.45) is 0 Å². The average molecular weight is 227 g/mol. The molecule has 0 radical (unpaired) electrons. The van der Waals surface area contributed by atoms with E-state index in [2.05, 4.69) is 4.74 Å². The van der Waals surface area contributed by atoms with Gasteiger partial charge < -0.3 is 4.74 Å². The lowest BCUT2D eigenvalue weighted by atomic mass is 10.1. The van der Waals surface area contributed by atoms with Crippen LogP contribution >= 0.6 is 11.6 Å². The summed E-state index contributed by atoms with van der Waals surface area (Å²) >= 11 is 5.86. The van der Waals surface area contributed by atoms with E-state index >= 15 is 0 Å². The highest BCUT2D eigenvalue weighted by Gasteiger charge is 2.08. The molecule has 0 fully saturated rings. The van der Waals surface area contributed by atoms with Crippen molar-refractivity contribution in [2.75, 3.05) is 6.61 Å². The maximum absolute atomic E-state index is 11.5. The summed E-state index contributed by atoms with van der Waals surface area (Å²) in [5.74, 6) is -0.728. The monoisotopic (exact) mass is 226 g/mol.